The van der Waals surface area contributed by atoms with Crippen LogP contribution in [0, 0.1) is 0 Å². The van der Waals surface area contributed by atoms with E-state index in [9.17, 15) is 14.4 Å². The Labute approximate surface area is 119 Å². The lowest BCUT2D eigenvalue weighted by molar-refractivity contribution is -0.134. The molecular weight excluding hydrogens is 284 g/mol. The van der Waals surface area contributed by atoms with Crippen LogP contribution in [0.15, 0.2) is 18.2 Å². The number of carbonyl (C=O) groups is 3. The summed E-state index contributed by atoms with van der Waals surface area (Å²) in [6.45, 7) is 0. The van der Waals surface area contributed by atoms with Gasteiger partial charge in [0.15, 0.2) is 0 Å². The molecule has 0 aliphatic carbocycles. The fourth-order valence-electron chi connectivity index (χ4n) is 1.90. The van der Waals surface area contributed by atoms with Gasteiger partial charge in [-0.1, -0.05) is 11.6 Å². The molecule has 1 fully saturated rings. The molecule has 0 radical (unpaired) electrons. The van der Waals surface area contributed by atoms with Gasteiger partial charge < -0.3 is 10.7 Å². The van der Waals surface area contributed by atoms with E-state index in [0.29, 0.717) is 10.7 Å². The van der Waals surface area contributed by atoms with Gasteiger partial charge in [-0.2, -0.15) is 0 Å². The Kier molecular flexibility index (Phi) is 4.21. The Morgan fingerprint density at radius 3 is 2.80 bits per heavy atom. The van der Waals surface area contributed by atoms with Crippen molar-refractivity contribution in [2.45, 2.75) is 18.9 Å². The van der Waals surface area contributed by atoms with Gasteiger partial charge in [-0.25, -0.2) is 0 Å². The highest BCUT2D eigenvalue weighted by atomic mass is 35.5. The molecule has 1 aliphatic rings. The van der Waals surface area contributed by atoms with E-state index in [4.69, 9.17) is 17.4 Å². The molecule has 1 aliphatic heterocycles. The number of hydrogen-bond donors (Lipinski definition) is 4. The Bertz CT molecular complexity index is 576. The van der Waals surface area contributed by atoms with Crippen LogP contribution in [0.25, 0.3) is 0 Å². The smallest absolute Gasteiger partial charge is 0.254 e. The molecule has 1 aromatic rings. The van der Waals surface area contributed by atoms with E-state index in [1.165, 1.54) is 6.07 Å². The standard InChI is InChI=1S/C12H13ClN4O3/c13-6-1-2-8(17-14)7(5-6)11(19)15-9-3-4-10(18)16-12(9)20/h1-2,5,9,17H,3-4,14H2,(H,15,19)(H,16,18,20). The molecule has 1 unspecified atom stereocenters. The molecule has 1 atom stereocenters. The first-order chi connectivity index (χ1) is 9.51. The molecule has 106 valence electrons. The molecule has 0 spiro atoms. The van der Waals surface area contributed by atoms with Crippen LogP contribution in [-0.2, 0) is 9.59 Å². The third kappa shape index (κ3) is 3.06. The second kappa shape index (κ2) is 5.89. The van der Waals surface area contributed by atoms with Gasteiger partial charge in [-0.15, -0.1) is 0 Å². The summed E-state index contributed by atoms with van der Waals surface area (Å²) >= 11 is 5.84. The van der Waals surface area contributed by atoms with Gasteiger partial charge in [0.05, 0.1) is 11.3 Å². The number of nitrogens with one attached hydrogen (secondary N) is 3. The molecule has 0 aromatic heterocycles. The number of amides is 3. The second-order valence-corrected chi connectivity index (χ2v) is 4.75. The predicted molar refractivity (Wildman–Crippen MR) is 72.9 cm³/mol. The molecule has 3 amide bonds. The largest absolute Gasteiger partial charge is 0.340 e. The molecule has 1 aromatic carbocycles. The zero-order valence-corrected chi connectivity index (χ0v) is 11.2. The lowest BCUT2D eigenvalue weighted by atomic mass is 10.1. The van der Waals surface area contributed by atoms with Gasteiger partial charge in [0.25, 0.3) is 5.91 Å². The summed E-state index contributed by atoms with van der Waals surface area (Å²) in [4.78, 5) is 34.8. The van der Waals surface area contributed by atoms with Crippen molar-refractivity contribution in [1.82, 2.24) is 10.6 Å². The number of nitrogens with two attached hydrogens (primary N) is 1. The molecule has 1 saturated heterocycles. The first-order valence-electron chi connectivity index (χ1n) is 5.92. The Morgan fingerprint density at radius 1 is 1.40 bits per heavy atom. The molecule has 1 heterocycles. The van der Waals surface area contributed by atoms with E-state index in [1.807, 2.05) is 0 Å². The minimum Gasteiger partial charge on any atom is -0.340 e. The lowest BCUT2D eigenvalue weighted by Crippen LogP contribution is -2.52. The third-order valence-corrected chi connectivity index (χ3v) is 3.16. The van der Waals surface area contributed by atoms with Gasteiger partial charge in [0.1, 0.15) is 6.04 Å². The summed E-state index contributed by atoms with van der Waals surface area (Å²) in [5.74, 6) is 3.97. The molecule has 5 N–H and O–H groups in total. The van der Waals surface area contributed by atoms with Gasteiger partial charge >= 0.3 is 0 Å². The van der Waals surface area contributed by atoms with Crippen molar-refractivity contribution in [1.29, 1.82) is 0 Å². The number of rotatable bonds is 3. The van der Waals surface area contributed by atoms with Crippen molar-refractivity contribution in [2.24, 2.45) is 5.84 Å². The van der Waals surface area contributed by atoms with Crippen molar-refractivity contribution in [3.05, 3.63) is 28.8 Å². The van der Waals surface area contributed by atoms with E-state index >= 15 is 0 Å². The maximum atomic E-state index is 12.1. The van der Waals surface area contributed by atoms with Crippen LogP contribution in [0.4, 0.5) is 5.69 Å². The Hall–Kier alpha value is -2.12. The fourth-order valence-corrected chi connectivity index (χ4v) is 2.07. The van der Waals surface area contributed by atoms with Crippen LogP contribution >= 0.6 is 11.6 Å². The van der Waals surface area contributed by atoms with Crippen LogP contribution < -0.4 is 21.9 Å². The van der Waals surface area contributed by atoms with Crippen LogP contribution in [0.3, 0.4) is 0 Å². The number of nitrogen functional groups attached to an aromatic ring is 1. The summed E-state index contributed by atoms with van der Waals surface area (Å²) in [5.41, 5.74) is 3.00. The monoisotopic (exact) mass is 296 g/mol. The minimum atomic E-state index is -0.746. The van der Waals surface area contributed by atoms with E-state index in [0.717, 1.165) is 0 Å². The van der Waals surface area contributed by atoms with E-state index in [2.05, 4.69) is 16.1 Å². The summed E-state index contributed by atoms with van der Waals surface area (Å²) in [5, 5.41) is 5.09. The normalized spacial score (nSPS) is 18.4. The van der Waals surface area contributed by atoms with Crippen molar-refractivity contribution in [2.75, 3.05) is 5.43 Å². The number of carbonyl (C=O) groups excluding carboxylic acids is 3. The topological polar surface area (TPSA) is 113 Å². The van der Waals surface area contributed by atoms with E-state index in [1.54, 1.807) is 12.1 Å². The molecule has 2 rings (SSSR count). The van der Waals surface area contributed by atoms with Crippen molar-refractivity contribution >= 4 is 35.0 Å². The van der Waals surface area contributed by atoms with Crippen molar-refractivity contribution in [3.63, 3.8) is 0 Å². The number of piperidine rings is 1. The number of halogens is 1. The summed E-state index contributed by atoms with van der Waals surface area (Å²) in [6.07, 6.45) is 0.455. The number of benzene rings is 1. The summed E-state index contributed by atoms with van der Waals surface area (Å²) in [7, 11) is 0. The summed E-state index contributed by atoms with van der Waals surface area (Å²) < 4.78 is 0. The highest BCUT2D eigenvalue weighted by Gasteiger charge is 2.28. The molecular formula is C12H13ClN4O3. The SMILES string of the molecule is NNc1ccc(Cl)cc1C(=O)NC1CCC(=O)NC1=O. The summed E-state index contributed by atoms with van der Waals surface area (Å²) in [6, 6.07) is 3.84. The van der Waals surface area contributed by atoms with Crippen LogP contribution in [0.1, 0.15) is 23.2 Å². The quantitative estimate of drug-likeness (QED) is 0.360. The van der Waals surface area contributed by atoms with Gasteiger partial charge in [-0.05, 0) is 24.6 Å². The van der Waals surface area contributed by atoms with E-state index in [-0.39, 0.29) is 24.3 Å². The third-order valence-electron chi connectivity index (χ3n) is 2.93. The minimum absolute atomic E-state index is 0.189. The number of hydrogen-bond acceptors (Lipinski definition) is 5. The van der Waals surface area contributed by atoms with Crippen LogP contribution in [-0.4, -0.2) is 23.8 Å². The second-order valence-electron chi connectivity index (χ2n) is 4.31. The molecule has 0 saturated carbocycles. The molecule has 20 heavy (non-hydrogen) atoms. The zero-order valence-electron chi connectivity index (χ0n) is 10.4. The first kappa shape index (κ1) is 14.3. The maximum absolute atomic E-state index is 12.1. The highest BCUT2D eigenvalue weighted by molar-refractivity contribution is 6.31. The average Bonchev–Trinajstić information content (AvgIpc) is 2.41. The first-order valence-corrected chi connectivity index (χ1v) is 6.30. The van der Waals surface area contributed by atoms with Crippen LogP contribution in [0.2, 0.25) is 5.02 Å². The lowest BCUT2D eigenvalue weighted by Gasteiger charge is -2.22. The van der Waals surface area contributed by atoms with E-state index < -0.39 is 17.9 Å². The molecule has 7 nitrogen and oxygen atoms in total. The highest BCUT2D eigenvalue weighted by Crippen LogP contribution is 2.20. The van der Waals surface area contributed by atoms with Crippen molar-refractivity contribution in [3.8, 4) is 0 Å². The van der Waals surface area contributed by atoms with Gasteiger partial charge in [-0.3, -0.25) is 25.5 Å². The number of anilines is 1. The van der Waals surface area contributed by atoms with Crippen LogP contribution in [0.5, 0.6) is 0 Å². The predicted octanol–water partition coefficient (Wildman–Crippen LogP) is 0.161. The Balaban J connectivity index is 2.14. The molecule has 8 heteroatoms. The fraction of sp³-hybridized carbons (Fsp3) is 0.250. The zero-order chi connectivity index (χ0) is 14.7. The number of imide groups is 1. The van der Waals surface area contributed by atoms with Crippen molar-refractivity contribution < 1.29 is 14.4 Å². The molecule has 0 bridgehead atoms. The number of hydrazine groups is 1. The maximum Gasteiger partial charge on any atom is 0.254 e. The Morgan fingerprint density at radius 2 is 2.15 bits per heavy atom. The van der Waals surface area contributed by atoms with Gasteiger partial charge in [0.2, 0.25) is 11.8 Å². The average molecular weight is 297 g/mol. The van der Waals surface area contributed by atoms with Gasteiger partial charge in [0, 0.05) is 11.4 Å².